The SMILES string of the molecule is CCn1cc(C(=O)N(CC2CCC2)c2ccccc2)cn1. The standard InChI is InChI=1S/C17H21N3O/c1-2-19-13-15(11-18-19)17(21)20(12-14-7-6-8-14)16-9-4-3-5-10-16/h3-5,9-11,13-14H,2,6-8,12H2,1H3. The minimum Gasteiger partial charge on any atom is -0.308 e. The highest BCUT2D eigenvalue weighted by Gasteiger charge is 2.26. The Morgan fingerprint density at radius 2 is 2.10 bits per heavy atom. The lowest BCUT2D eigenvalue weighted by Crippen LogP contribution is -2.37. The molecule has 0 spiro atoms. The maximum absolute atomic E-state index is 12.8. The molecule has 1 heterocycles. The average molecular weight is 283 g/mol. The van der Waals surface area contributed by atoms with Gasteiger partial charge in [0.2, 0.25) is 0 Å². The number of carbonyl (C=O) groups is 1. The van der Waals surface area contributed by atoms with E-state index in [-0.39, 0.29) is 5.91 Å². The summed E-state index contributed by atoms with van der Waals surface area (Å²) in [5.74, 6) is 0.683. The van der Waals surface area contributed by atoms with Crippen LogP contribution >= 0.6 is 0 Å². The number of para-hydroxylation sites is 1. The summed E-state index contributed by atoms with van der Waals surface area (Å²) in [4.78, 5) is 14.7. The van der Waals surface area contributed by atoms with Crippen LogP contribution in [-0.4, -0.2) is 22.2 Å². The fourth-order valence-corrected chi connectivity index (χ4v) is 2.65. The van der Waals surface area contributed by atoms with Crippen molar-refractivity contribution in [3.63, 3.8) is 0 Å². The van der Waals surface area contributed by atoms with Crippen molar-refractivity contribution in [1.82, 2.24) is 9.78 Å². The summed E-state index contributed by atoms with van der Waals surface area (Å²) in [6.45, 7) is 3.60. The fourth-order valence-electron chi connectivity index (χ4n) is 2.65. The summed E-state index contributed by atoms with van der Waals surface area (Å²) < 4.78 is 1.79. The van der Waals surface area contributed by atoms with Gasteiger partial charge in [-0.05, 0) is 37.8 Å². The lowest BCUT2D eigenvalue weighted by atomic mass is 9.85. The molecule has 3 rings (SSSR count). The maximum atomic E-state index is 12.8. The van der Waals surface area contributed by atoms with Gasteiger partial charge in [0.05, 0.1) is 11.8 Å². The molecule has 1 aromatic heterocycles. The first-order chi connectivity index (χ1) is 10.3. The van der Waals surface area contributed by atoms with Crippen LogP contribution in [0.15, 0.2) is 42.7 Å². The molecule has 110 valence electrons. The molecule has 1 aromatic carbocycles. The Morgan fingerprint density at radius 1 is 1.33 bits per heavy atom. The van der Waals surface area contributed by atoms with E-state index in [1.807, 2.05) is 48.4 Å². The predicted molar refractivity (Wildman–Crippen MR) is 83.4 cm³/mol. The topological polar surface area (TPSA) is 38.1 Å². The zero-order valence-electron chi connectivity index (χ0n) is 12.4. The van der Waals surface area contributed by atoms with Gasteiger partial charge in [0.25, 0.3) is 5.91 Å². The number of anilines is 1. The summed E-state index contributed by atoms with van der Waals surface area (Å²) >= 11 is 0. The number of carbonyl (C=O) groups excluding carboxylic acids is 1. The number of amides is 1. The number of hydrogen-bond donors (Lipinski definition) is 0. The van der Waals surface area contributed by atoms with Crippen molar-refractivity contribution in [3.05, 3.63) is 48.3 Å². The number of rotatable bonds is 5. The van der Waals surface area contributed by atoms with Crippen LogP contribution in [0.1, 0.15) is 36.5 Å². The van der Waals surface area contributed by atoms with Gasteiger partial charge in [0.1, 0.15) is 0 Å². The number of aryl methyl sites for hydroxylation is 1. The second-order valence-corrected chi connectivity index (χ2v) is 5.63. The molecule has 0 N–H and O–H groups in total. The van der Waals surface area contributed by atoms with E-state index in [1.165, 1.54) is 19.3 Å². The van der Waals surface area contributed by atoms with E-state index in [4.69, 9.17) is 0 Å². The number of nitrogens with zero attached hydrogens (tertiary/aromatic N) is 3. The van der Waals surface area contributed by atoms with Crippen molar-refractivity contribution in [1.29, 1.82) is 0 Å². The van der Waals surface area contributed by atoms with Crippen LogP contribution in [-0.2, 0) is 6.54 Å². The van der Waals surface area contributed by atoms with Crippen molar-refractivity contribution in [2.45, 2.75) is 32.7 Å². The summed E-state index contributed by atoms with van der Waals surface area (Å²) in [7, 11) is 0. The Labute approximate surface area is 125 Å². The van der Waals surface area contributed by atoms with Gasteiger partial charge in [-0.3, -0.25) is 9.48 Å². The Bertz CT molecular complexity index is 602. The zero-order chi connectivity index (χ0) is 14.7. The summed E-state index contributed by atoms with van der Waals surface area (Å²) in [6.07, 6.45) is 7.24. The monoisotopic (exact) mass is 283 g/mol. The molecule has 1 aliphatic carbocycles. The van der Waals surface area contributed by atoms with Crippen LogP contribution in [0.5, 0.6) is 0 Å². The molecule has 1 amide bonds. The van der Waals surface area contributed by atoms with Crippen molar-refractivity contribution in [2.75, 3.05) is 11.4 Å². The van der Waals surface area contributed by atoms with Crippen LogP contribution in [0.4, 0.5) is 5.69 Å². The predicted octanol–water partition coefficient (Wildman–Crippen LogP) is 3.35. The quantitative estimate of drug-likeness (QED) is 0.844. The Morgan fingerprint density at radius 3 is 2.67 bits per heavy atom. The van der Waals surface area contributed by atoms with E-state index in [2.05, 4.69) is 5.10 Å². The largest absolute Gasteiger partial charge is 0.308 e. The van der Waals surface area contributed by atoms with E-state index in [0.29, 0.717) is 11.5 Å². The van der Waals surface area contributed by atoms with Gasteiger partial charge in [-0.2, -0.15) is 5.10 Å². The number of aromatic nitrogens is 2. The lowest BCUT2D eigenvalue weighted by molar-refractivity contribution is 0.0977. The molecule has 0 atom stereocenters. The van der Waals surface area contributed by atoms with Gasteiger partial charge in [-0.15, -0.1) is 0 Å². The molecule has 1 fully saturated rings. The molecule has 1 saturated carbocycles. The minimum atomic E-state index is 0.0489. The first-order valence-corrected chi connectivity index (χ1v) is 7.67. The first kappa shape index (κ1) is 13.9. The van der Waals surface area contributed by atoms with Crippen molar-refractivity contribution < 1.29 is 4.79 Å². The third kappa shape index (κ3) is 2.99. The van der Waals surface area contributed by atoms with Crippen LogP contribution in [0.3, 0.4) is 0 Å². The summed E-state index contributed by atoms with van der Waals surface area (Å²) in [6, 6.07) is 9.93. The molecule has 4 heteroatoms. The highest BCUT2D eigenvalue weighted by molar-refractivity contribution is 6.05. The summed E-state index contributed by atoms with van der Waals surface area (Å²) in [5, 5.41) is 4.21. The zero-order valence-corrected chi connectivity index (χ0v) is 12.4. The van der Waals surface area contributed by atoms with Gasteiger partial charge in [0, 0.05) is 25.0 Å². The van der Waals surface area contributed by atoms with Crippen LogP contribution in [0, 0.1) is 5.92 Å². The van der Waals surface area contributed by atoms with Gasteiger partial charge >= 0.3 is 0 Å². The van der Waals surface area contributed by atoms with E-state index in [0.717, 1.165) is 18.8 Å². The number of hydrogen-bond acceptors (Lipinski definition) is 2. The molecule has 0 radical (unpaired) electrons. The molecule has 0 aliphatic heterocycles. The molecule has 4 nitrogen and oxygen atoms in total. The van der Waals surface area contributed by atoms with Gasteiger partial charge < -0.3 is 4.90 Å². The van der Waals surface area contributed by atoms with Crippen molar-refractivity contribution in [2.24, 2.45) is 5.92 Å². The molecule has 1 aliphatic rings. The smallest absolute Gasteiger partial charge is 0.261 e. The van der Waals surface area contributed by atoms with Crippen LogP contribution in [0.2, 0.25) is 0 Å². The Hall–Kier alpha value is -2.10. The molecule has 0 saturated heterocycles. The van der Waals surface area contributed by atoms with E-state index < -0.39 is 0 Å². The van der Waals surface area contributed by atoms with Crippen LogP contribution < -0.4 is 4.90 Å². The third-order valence-corrected chi connectivity index (χ3v) is 4.18. The van der Waals surface area contributed by atoms with Crippen molar-refractivity contribution >= 4 is 11.6 Å². The molecule has 21 heavy (non-hydrogen) atoms. The Balaban J connectivity index is 1.84. The molecule has 2 aromatic rings. The number of benzene rings is 1. The molecule has 0 bridgehead atoms. The van der Waals surface area contributed by atoms with E-state index in [1.54, 1.807) is 10.9 Å². The highest BCUT2D eigenvalue weighted by atomic mass is 16.2. The molecular weight excluding hydrogens is 262 g/mol. The lowest BCUT2D eigenvalue weighted by Gasteiger charge is -2.32. The minimum absolute atomic E-state index is 0.0489. The second kappa shape index (κ2) is 6.12. The van der Waals surface area contributed by atoms with E-state index in [9.17, 15) is 4.79 Å². The first-order valence-electron chi connectivity index (χ1n) is 7.67. The average Bonchev–Trinajstić information content (AvgIpc) is 2.95. The summed E-state index contributed by atoms with van der Waals surface area (Å²) in [5.41, 5.74) is 1.64. The normalized spacial score (nSPS) is 14.7. The second-order valence-electron chi connectivity index (χ2n) is 5.63. The van der Waals surface area contributed by atoms with Gasteiger partial charge in [-0.1, -0.05) is 24.6 Å². The van der Waals surface area contributed by atoms with E-state index >= 15 is 0 Å². The highest BCUT2D eigenvalue weighted by Crippen LogP contribution is 2.29. The van der Waals surface area contributed by atoms with Crippen LogP contribution in [0.25, 0.3) is 0 Å². The molecular formula is C17H21N3O. The third-order valence-electron chi connectivity index (χ3n) is 4.18. The Kier molecular flexibility index (Phi) is 4.04. The fraction of sp³-hybridized carbons (Fsp3) is 0.412. The maximum Gasteiger partial charge on any atom is 0.261 e. The molecule has 0 unspecified atom stereocenters. The van der Waals surface area contributed by atoms with Gasteiger partial charge in [-0.25, -0.2) is 0 Å². The van der Waals surface area contributed by atoms with Crippen molar-refractivity contribution in [3.8, 4) is 0 Å². The van der Waals surface area contributed by atoms with Gasteiger partial charge in [0.15, 0.2) is 0 Å².